The first-order valence-electron chi connectivity index (χ1n) is 1.82. The van der Waals surface area contributed by atoms with Crippen molar-refractivity contribution in [3.63, 3.8) is 0 Å². The van der Waals surface area contributed by atoms with Crippen molar-refractivity contribution < 1.29 is 4.74 Å². The first kappa shape index (κ1) is 3.70. The molecule has 6 heavy (non-hydrogen) atoms. The van der Waals surface area contributed by atoms with Crippen LogP contribution in [0.3, 0.4) is 0 Å². The number of hydrogen-bond acceptors (Lipinski definition) is 1. The zero-order valence-electron chi connectivity index (χ0n) is 3.40. The normalized spacial score (nSPS) is 21.8. The zero-order chi connectivity index (χ0) is 4.41. The average molecular weight is 81.1 g/mol. The van der Waals surface area contributed by atoms with Gasteiger partial charge in [0.25, 0.3) is 0 Å². The number of hydrogen-bond donors (Lipinski definition) is 0. The van der Waals surface area contributed by atoms with Crippen LogP contribution in [-0.4, -0.2) is 13.2 Å². The van der Waals surface area contributed by atoms with E-state index in [1.165, 1.54) is 0 Å². The molecule has 1 heterocycles. The molecule has 0 bridgehead atoms. The van der Waals surface area contributed by atoms with Crippen molar-refractivity contribution in [2.75, 3.05) is 13.2 Å². The predicted molar refractivity (Wildman–Crippen MR) is 22.9 cm³/mol. The summed E-state index contributed by atoms with van der Waals surface area (Å²) in [5, 5.41) is 0. The lowest BCUT2D eigenvalue weighted by Gasteiger charge is -2.18. The maximum Gasteiger partial charge on any atom is 0.0986 e. The first-order chi connectivity index (χ1) is 2.93. The van der Waals surface area contributed by atoms with Crippen LogP contribution in [0.4, 0.5) is 0 Å². The van der Waals surface area contributed by atoms with E-state index in [4.69, 9.17) is 11.2 Å². The van der Waals surface area contributed by atoms with Crippen molar-refractivity contribution in [1.82, 2.24) is 0 Å². The largest absolute Gasteiger partial charge is 0.378 e. The minimum absolute atomic E-state index is 0.691. The smallest absolute Gasteiger partial charge is 0.0986 e. The van der Waals surface area contributed by atoms with Gasteiger partial charge in [0.2, 0.25) is 0 Å². The highest BCUT2D eigenvalue weighted by Gasteiger charge is 2.14. The lowest BCUT2D eigenvalue weighted by molar-refractivity contribution is 0.0782. The lowest BCUT2D eigenvalue weighted by atomic mass is 10.1. The fourth-order valence-corrected chi connectivity index (χ4v) is 0.287. The molecule has 0 aromatic carbocycles. The molecular weight excluding hydrogens is 76.1 g/mol. The highest BCUT2D eigenvalue weighted by atomic mass is 16.5. The molecule has 1 nitrogen and oxygen atoms in total. The average Bonchev–Trinajstić information content (AvgIpc) is 1.31. The Kier molecular flexibility index (Phi) is 0.813. The van der Waals surface area contributed by atoms with E-state index < -0.39 is 0 Å². The third-order valence-electron chi connectivity index (χ3n) is 0.757. The van der Waals surface area contributed by atoms with Crippen LogP contribution in [0.2, 0.25) is 0 Å². The Morgan fingerprint density at radius 1 is 1.67 bits per heavy atom. The van der Waals surface area contributed by atoms with Crippen LogP contribution < -0.4 is 0 Å². The summed E-state index contributed by atoms with van der Waals surface area (Å²) in [7, 11) is 0. The number of ether oxygens (including phenoxy) is 1. The fraction of sp³-hybridized carbons (Fsp3) is 0.400. The summed E-state index contributed by atoms with van der Waals surface area (Å²) in [6, 6.07) is 0. The molecule has 0 atom stereocenters. The van der Waals surface area contributed by atoms with Gasteiger partial charge in [-0.25, -0.2) is 0 Å². The fourth-order valence-electron chi connectivity index (χ4n) is 0.287. The third kappa shape index (κ3) is 0.395. The Balaban J connectivity index is 2.22. The molecule has 31 valence electrons. The van der Waals surface area contributed by atoms with Gasteiger partial charge in [-0.2, -0.15) is 0 Å². The zero-order valence-corrected chi connectivity index (χ0v) is 3.40. The summed E-state index contributed by atoms with van der Waals surface area (Å²) in [4.78, 5) is 0. The molecule has 1 aliphatic heterocycles. The maximum absolute atomic E-state index is 4.97. The molecule has 1 rings (SSSR count). The van der Waals surface area contributed by atoms with Gasteiger partial charge in [0.15, 0.2) is 0 Å². The van der Waals surface area contributed by atoms with E-state index in [0.29, 0.717) is 13.2 Å². The molecule has 0 aliphatic carbocycles. The van der Waals surface area contributed by atoms with E-state index in [1.54, 1.807) is 0 Å². The van der Waals surface area contributed by atoms with Crippen LogP contribution in [0, 0.1) is 18.3 Å². The predicted octanol–water partition coefficient (Wildman–Crippen LogP) is 0.224. The van der Waals surface area contributed by atoms with E-state index in [-0.39, 0.29) is 0 Å². The van der Waals surface area contributed by atoms with Crippen LogP contribution in [-0.2, 0) is 4.74 Å². The lowest BCUT2D eigenvalue weighted by Crippen LogP contribution is -2.22. The molecule has 0 amide bonds. The molecule has 0 aromatic heterocycles. The van der Waals surface area contributed by atoms with Gasteiger partial charge in [-0.05, 0) is 0 Å². The molecule has 1 saturated heterocycles. The van der Waals surface area contributed by atoms with E-state index in [0.717, 1.165) is 5.92 Å². The molecule has 0 unspecified atom stereocenters. The summed E-state index contributed by atoms with van der Waals surface area (Å²) < 4.78 is 4.75. The van der Waals surface area contributed by atoms with Gasteiger partial charge in [0.1, 0.15) is 0 Å². The van der Waals surface area contributed by atoms with Gasteiger partial charge >= 0.3 is 0 Å². The topological polar surface area (TPSA) is 9.23 Å². The van der Waals surface area contributed by atoms with Crippen LogP contribution in [0.15, 0.2) is 0 Å². The van der Waals surface area contributed by atoms with E-state index in [9.17, 15) is 0 Å². The monoisotopic (exact) mass is 81.0 g/mol. The van der Waals surface area contributed by atoms with Gasteiger partial charge in [0, 0.05) is 0 Å². The maximum atomic E-state index is 4.97. The molecule has 1 fully saturated rings. The van der Waals surface area contributed by atoms with Crippen LogP contribution in [0.25, 0.3) is 0 Å². The highest BCUT2D eigenvalue weighted by molar-refractivity contribution is 5.21. The second-order valence-corrected chi connectivity index (χ2v) is 1.24. The first-order valence-corrected chi connectivity index (χ1v) is 1.82. The van der Waals surface area contributed by atoms with Crippen molar-refractivity contribution in [2.45, 2.75) is 0 Å². The molecule has 0 spiro atoms. The van der Waals surface area contributed by atoms with Gasteiger partial charge in [-0.15, -0.1) is 6.42 Å². The Labute approximate surface area is 37.3 Å². The summed E-state index contributed by atoms with van der Waals surface area (Å²) >= 11 is 0. The van der Waals surface area contributed by atoms with Crippen LogP contribution >= 0.6 is 0 Å². The molecule has 0 N–H and O–H groups in total. The Morgan fingerprint density at radius 2 is 2.33 bits per heavy atom. The summed E-state index contributed by atoms with van der Waals surface area (Å²) in [5.41, 5.74) is 0. The molecule has 1 aliphatic rings. The summed E-state index contributed by atoms with van der Waals surface area (Å²) in [6.45, 7) is 1.38. The molecule has 0 aromatic rings. The van der Waals surface area contributed by atoms with Crippen molar-refractivity contribution >= 4 is 0 Å². The molecule has 0 saturated carbocycles. The molecule has 1 heteroatoms. The molecule has 1 radical (unpaired) electrons. The standard InChI is InChI=1S/C5H5O/c1-2-5-3-6-4-5/h1H,3-4H2. The second-order valence-electron chi connectivity index (χ2n) is 1.24. The van der Waals surface area contributed by atoms with Crippen LogP contribution in [0.1, 0.15) is 0 Å². The van der Waals surface area contributed by atoms with Gasteiger partial charge < -0.3 is 4.74 Å². The van der Waals surface area contributed by atoms with E-state index in [1.807, 2.05) is 0 Å². The quantitative estimate of drug-likeness (QED) is 0.379. The van der Waals surface area contributed by atoms with Gasteiger partial charge in [-0.1, -0.05) is 5.92 Å². The Morgan fingerprint density at radius 3 is 2.33 bits per heavy atom. The van der Waals surface area contributed by atoms with Crippen molar-refractivity contribution in [1.29, 1.82) is 0 Å². The molecular formula is C5H5O. The number of rotatable bonds is 0. The third-order valence-corrected chi connectivity index (χ3v) is 0.757. The minimum atomic E-state index is 0.691. The Bertz CT molecular complexity index is 76.4. The Hall–Kier alpha value is -0.480. The van der Waals surface area contributed by atoms with Crippen molar-refractivity contribution in [3.05, 3.63) is 5.92 Å². The van der Waals surface area contributed by atoms with Crippen molar-refractivity contribution in [3.8, 4) is 12.3 Å². The summed E-state index contributed by atoms with van der Waals surface area (Å²) in [5.74, 6) is 3.57. The van der Waals surface area contributed by atoms with E-state index >= 15 is 0 Å². The highest BCUT2D eigenvalue weighted by Crippen LogP contribution is 2.08. The van der Waals surface area contributed by atoms with Crippen LogP contribution in [0.5, 0.6) is 0 Å². The van der Waals surface area contributed by atoms with Gasteiger partial charge in [-0.3, -0.25) is 0 Å². The summed E-state index contributed by atoms with van der Waals surface area (Å²) in [6.07, 6.45) is 4.97. The SMILES string of the molecule is C#C[C]1COC1. The van der Waals surface area contributed by atoms with Crippen molar-refractivity contribution in [2.24, 2.45) is 0 Å². The second kappa shape index (κ2) is 1.32. The minimum Gasteiger partial charge on any atom is -0.378 e. The number of terminal acetylenes is 1. The van der Waals surface area contributed by atoms with E-state index in [2.05, 4.69) is 5.92 Å². The van der Waals surface area contributed by atoms with Gasteiger partial charge in [0.05, 0.1) is 19.1 Å².